The highest BCUT2D eigenvalue weighted by Gasteiger charge is 2.36. The van der Waals surface area contributed by atoms with Gasteiger partial charge in [0.05, 0.1) is 6.42 Å². The number of carboxylic acids is 1. The molecular weight excluding hydrogens is 258 g/mol. The van der Waals surface area contributed by atoms with E-state index in [-0.39, 0.29) is 12.3 Å². The van der Waals surface area contributed by atoms with Crippen molar-refractivity contribution in [2.75, 3.05) is 0 Å². The van der Waals surface area contributed by atoms with Gasteiger partial charge in [-0.05, 0) is 37.5 Å². The summed E-state index contributed by atoms with van der Waals surface area (Å²) in [7, 11) is 0. The van der Waals surface area contributed by atoms with Gasteiger partial charge in [-0.1, -0.05) is 6.92 Å². The number of rotatable bonds is 6. The second-order valence-corrected chi connectivity index (χ2v) is 5.40. The third kappa shape index (κ3) is 3.98. The average molecular weight is 277 g/mol. The van der Waals surface area contributed by atoms with Crippen molar-refractivity contribution in [3.8, 4) is 0 Å². The zero-order valence-electron chi connectivity index (χ0n) is 11.6. The number of carbonyl (C=O) groups excluding carboxylic acids is 1. The van der Waals surface area contributed by atoms with Crippen LogP contribution in [0.5, 0.6) is 0 Å². The molecule has 0 aromatic carbocycles. The molecule has 20 heavy (non-hydrogen) atoms. The molecule has 0 spiro atoms. The Kier molecular flexibility index (Phi) is 4.27. The van der Waals surface area contributed by atoms with Crippen LogP contribution < -0.4 is 5.32 Å². The van der Waals surface area contributed by atoms with Crippen LogP contribution in [0.3, 0.4) is 0 Å². The van der Waals surface area contributed by atoms with Gasteiger partial charge in [0.25, 0.3) is 0 Å². The van der Waals surface area contributed by atoms with Crippen molar-refractivity contribution in [2.24, 2.45) is 5.92 Å². The Morgan fingerprint density at radius 2 is 2.25 bits per heavy atom. The summed E-state index contributed by atoms with van der Waals surface area (Å²) in [6.07, 6.45) is 4.02. The van der Waals surface area contributed by atoms with Crippen molar-refractivity contribution in [1.29, 1.82) is 0 Å². The topological polar surface area (TPSA) is 79.5 Å². The van der Waals surface area contributed by atoms with E-state index in [1.807, 2.05) is 12.1 Å². The van der Waals surface area contributed by atoms with Gasteiger partial charge in [0.2, 0.25) is 5.91 Å². The molecule has 0 aliphatic heterocycles. The minimum Gasteiger partial charge on any atom is -0.481 e. The van der Waals surface area contributed by atoms with Crippen LogP contribution in [-0.4, -0.2) is 23.0 Å². The summed E-state index contributed by atoms with van der Waals surface area (Å²) >= 11 is 0. The summed E-state index contributed by atoms with van der Waals surface area (Å²) in [5, 5.41) is 11.2. The zero-order valence-corrected chi connectivity index (χ0v) is 11.6. The summed E-state index contributed by atoms with van der Waals surface area (Å²) in [6.45, 7) is 3.83. The molecule has 2 rings (SSSR count). The highest BCUT2D eigenvalue weighted by molar-refractivity contribution is 5.91. The molecule has 1 amide bonds. The summed E-state index contributed by atoms with van der Waals surface area (Å²) in [5.41, 5.74) is 0. The maximum Gasteiger partial charge on any atom is 0.305 e. The molecular formula is C15H19NO4. The van der Waals surface area contributed by atoms with Crippen LogP contribution in [-0.2, 0) is 9.59 Å². The van der Waals surface area contributed by atoms with Crippen molar-refractivity contribution in [3.63, 3.8) is 0 Å². The summed E-state index contributed by atoms with van der Waals surface area (Å²) < 4.78 is 5.64. The first kappa shape index (κ1) is 14.4. The number of nitrogens with one attached hydrogen (secondary N) is 1. The number of hydrogen-bond donors (Lipinski definition) is 2. The van der Waals surface area contributed by atoms with E-state index >= 15 is 0 Å². The predicted molar refractivity (Wildman–Crippen MR) is 74.1 cm³/mol. The minimum atomic E-state index is -0.934. The van der Waals surface area contributed by atoms with Gasteiger partial charge in [-0.3, -0.25) is 9.59 Å². The Labute approximate surface area is 117 Å². The van der Waals surface area contributed by atoms with Gasteiger partial charge in [-0.15, -0.1) is 0 Å². The SMILES string of the molecule is CC(CC(=O)O)NC(=O)/C=C/c1ccc(C2CC2C)o1. The summed E-state index contributed by atoms with van der Waals surface area (Å²) in [4.78, 5) is 22.1. The van der Waals surface area contributed by atoms with E-state index in [1.54, 1.807) is 13.0 Å². The van der Waals surface area contributed by atoms with E-state index in [0.717, 1.165) is 12.2 Å². The van der Waals surface area contributed by atoms with E-state index in [1.165, 1.54) is 6.08 Å². The average Bonchev–Trinajstić information content (AvgIpc) is 2.89. The molecule has 1 aliphatic rings. The van der Waals surface area contributed by atoms with Crippen molar-refractivity contribution in [2.45, 2.75) is 38.6 Å². The van der Waals surface area contributed by atoms with Gasteiger partial charge in [0.1, 0.15) is 11.5 Å². The van der Waals surface area contributed by atoms with Gasteiger partial charge in [0.15, 0.2) is 0 Å². The third-order valence-electron chi connectivity index (χ3n) is 3.39. The summed E-state index contributed by atoms with van der Waals surface area (Å²) in [6, 6.07) is 3.38. The maximum absolute atomic E-state index is 11.6. The minimum absolute atomic E-state index is 0.0932. The van der Waals surface area contributed by atoms with Gasteiger partial charge < -0.3 is 14.8 Å². The Morgan fingerprint density at radius 3 is 2.85 bits per heavy atom. The standard InChI is InChI=1S/C15H19NO4/c1-9-7-12(9)13-5-3-11(20-13)4-6-14(17)16-10(2)8-15(18)19/h3-6,9-10,12H,7-8H2,1-2H3,(H,16,17)(H,18,19)/b6-4+. The Balaban J connectivity index is 1.84. The fourth-order valence-electron chi connectivity index (χ4n) is 2.14. The molecule has 3 unspecified atom stereocenters. The molecule has 0 bridgehead atoms. The third-order valence-corrected chi connectivity index (χ3v) is 3.39. The molecule has 1 aliphatic carbocycles. The van der Waals surface area contributed by atoms with E-state index in [9.17, 15) is 9.59 Å². The largest absolute Gasteiger partial charge is 0.481 e. The lowest BCUT2D eigenvalue weighted by atomic mass is 10.2. The van der Waals surface area contributed by atoms with Crippen LogP contribution in [0.15, 0.2) is 22.6 Å². The molecule has 0 saturated heterocycles. The lowest BCUT2D eigenvalue weighted by molar-refractivity contribution is -0.137. The predicted octanol–water partition coefficient (Wildman–Crippen LogP) is 2.40. The lowest BCUT2D eigenvalue weighted by Crippen LogP contribution is -2.32. The monoisotopic (exact) mass is 277 g/mol. The van der Waals surface area contributed by atoms with Crippen molar-refractivity contribution in [1.82, 2.24) is 5.32 Å². The number of carboxylic acid groups (broad SMARTS) is 1. The second-order valence-electron chi connectivity index (χ2n) is 5.40. The molecule has 5 nitrogen and oxygen atoms in total. The van der Waals surface area contributed by atoms with Crippen LogP contribution in [0.1, 0.15) is 44.1 Å². The molecule has 1 aromatic heterocycles. The van der Waals surface area contributed by atoms with Crippen LogP contribution in [0, 0.1) is 5.92 Å². The van der Waals surface area contributed by atoms with Gasteiger partial charge in [-0.2, -0.15) is 0 Å². The van der Waals surface area contributed by atoms with E-state index in [0.29, 0.717) is 17.6 Å². The van der Waals surface area contributed by atoms with Crippen molar-refractivity contribution in [3.05, 3.63) is 29.7 Å². The molecule has 1 fully saturated rings. The lowest BCUT2D eigenvalue weighted by Gasteiger charge is -2.08. The molecule has 0 radical (unpaired) electrons. The number of amides is 1. The number of carbonyl (C=O) groups is 2. The first-order chi connectivity index (χ1) is 9.45. The van der Waals surface area contributed by atoms with E-state index < -0.39 is 12.0 Å². The van der Waals surface area contributed by atoms with Gasteiger partial charge in [0, 0.05) is 18.0 Å². The Bertz CT molecular complexity index is 532. The number of furan rings is 1. The normalized spacial score (nSPS) is 22.7. The van der Waals surface area contributed by atoms with Crippen LogP contribution in [0.25, 0.3) is 6.08 Å². The van der Waals surface area contributed by atoms with Gasteiger partial charge in [-0.25, -0.2) is 0 Å². The highest BCUT2D eigenvalue weighted by atomic mass is 16.4. The second kappa shape index (κ2) is 5.94. The Morgan fingerprint density at radius 1 is 1.55 bits per heavy atom. The fraction of sp³-hybridized carbons (Fsp3) is 0.467. The van der Waals surface area contributed by atoms with Crippen LogP contribution >= 0.6 is 0 Å². The zero-order chi connectivity index (χ0) is 14.7. The van der Waals surface area contributed by atoms with E-state index in [4.69, 9.17) is 9.52 Å². The fourth-order valence-corrected chi connectivity index (χ4v) is 2.14. The molecule has 1 saturated carbocycles. The molecule has 108 valence electrons. The highest BCUT2D eigenvalue weighted by Crippen LogP contribution is 2.47. The first-order valence-corrected chi connectivity index (χ1v) is 6.76. The molecule has 1 aromatic rings. The first-order valence-electron chi connectivity index (χ1n) is 6.76. The summed E-state index contributed by atoms with van der Waals surface area (Å²) in [5.74, 6) is 1.55. The molecule has 3 atom stereocenters. The maximum atomic E-state index is 11.6. The Hall–Kier alpha value is -2.04. The van der Waals surface area contributed by atoms with Crippen molar-refractivity contribution >= 4 is 18.0 Å². The number of aliphatic carboxylic acids is 1. The smallest absolute Gasteiger partial charge is 0.305 e. The van der Waals surface area contributed by atoms with E-state index in [2.05, 4.69) is 12.2 Å². The molecule has 1 heterocycles. The molecule has 5 heteroatoms. The van der Waals surface area contributed by atoms with Gasteiger partial charge >= 0.3 is 5.97 Å². The van der Waals surface area contributed by atoms with Crippen LogP contribution in [0.2, 0.25) is 0 Å². The quantitative estimate of drug-likeness (QED) is 0.782. The van der Waals surface area contributed by atoms with Crippen LogP contribution in [0.4, 0.5) is 0 Å². The van der Waals surface area contributed by atoms with Crippen molar-refractivity contribution < 1.29 is 19.1 Å². The molecule has 2 N–H and O–H groups in total. The number of hydrogen-bond acceptors (Lipinski definition) is 3.